The zero-order chi connectivity index (χ0) is 20.2. The van der Waals surface area contributed by atoms with Gasteiger partial charge in [-0.15, -0.1) is 10.2 Å². The average Bonchev–Trinajstić information content (AvgIpc) is 3.34. The van der Waals surface area contributed by atoms with Crippen LogP contribution in [0.5, 0.6) is 5.75 Å². The molecular weight excluding hydrogens is 386 g/mol. The van der Waals surface area contributed by atoms with Crippen molar-refractivity contribution in [2.45, 2.75) is 13.5 Å². The number of para-hydroxylation sites is 1. The van der Waals surface area contributed by atoms with Crippen LogP contribution in [0.4, 0.5) is 5.13 Å². The molecule has 0 spiro atoms. The second kappa shape index (κ2) is 8.24. The van der Waals surface area contributed by atoms with Crippen LogP contribution in [-0.2, 0) is 6.54 Å². The third-order valence-corrected chi connectivity index (χ3v) is 5.06. The molecular formula is C21H19N5O2S. The average molecular weight is 405 g/mol. The number of hydrogen-bond acceptors (Lipinski definition) is 6. The lowest BCUT2D eigenvalue weighted by Gasteiger charge is -2.07. The van der Waals surface area contributed by atoms with E-state index in [0.29, 0.717) is 28.7 Å². The van der Waals surface area contributed by atoms with E-state index in [9.17, 15) is 4.79 Å². The van der Waals surface area contributed by atoms with Gasteiger partial charge in [0.2, 0.25) is 5.13 Å². The quantitative estimate of drug-likeness (QED) is 0.524. The number of aryl methyl sites for hydroxylation is 1. The maximum Gasteiger partial charge on any atom is 0.261 e. The SMILES string of the molecule is COc1ccccc1-c1nn(Cc2ccccc2)cc1C(=O)Nc1nnc(C)s1. The largest absolute Gasteiger partial charge is 0.496 e. The van der Waals surface area contributed by atoms with Crippen molar-refractivity contribution in [3.63, 3.8) is 0 Å². The van der Waals surface area contributed by atoms with Crippen molar-refractivity contribution in [2.75, 3.05) is 12.4 Å². The number of benzene rings is 2. The van der Waals surface area contributed by atoms with Crippen molar-refractivity contribution >= 4 is 22.4 Å². The Morgan fingerprint density at radius 1 is 1.10 bits per heavy atom. The summed E-state index contributed by atoms with van der Waals surface area (Å²) >= 11 is 1.32. The number of rotatable bonds is 6. The van der Waals surface area contributed by atoms with Crippen molar-refractivity contribution in [3.05, 3.63) is 76.9 Å². The highest BCUT2D eigenvalue weighted by Gasteiger charge is 2.21. The van der Waals surface area contributed by atoms with Crippen molar-refractivity contribution < 1.29 is 9.53 Å². The summed E-state index contributed by atoms with van der Waals surface area (Å²) in [5.74, 6) is 0.361. The Labute approximate surface area is 172 Å². The van der Waals surface area contributed by atoms with Crippen LogP contribution in [0.2, 0.25) is 0 Å². The Bertz CT molecular complexity index is 1140. The molecule has 0 aliphatic rings. The lowest BCUT2D eigenvalue weighted by Crippen LogP contribution is -2.12. The molecule has 2 aromatic heterocycles. The molecule has 0 saturated carbocycles. The Morgan fingerprint density at radius 2 is 1.86 bits per heavy atom. The van der Waals surface area contributed by atoms with Gasteiger partial charge in [-0.1, -0.05) is 53.8 Å². The van der Waals surface area contributed by atoms with Crippen LogP contribution >= 0.6 is 11.3 Å². The lowest BCUT2D eigenvalue weighted by molar-refractivity contribution is 0.102. The van der Waals surface area contributed by atoms with Gasteiger partial charge in [0, 0.05) is 11.8 Å². The Balaban J connectivity index is 1.74. The zero-order valence-electron chi connectivity index (χ0n) is 16.0. The highest BCUT2D eigenvalue weighted by molar-refractivity contribution is 7.15. The third-order valence-electron chi connectivity index (χ3n) is 4.30. The van der Waals surface area contributed by atoms with Crippen molar-refractivity contribution in [2.24, 2.45) is 0 Å². The molecule has 0 unspecified atom stereocenters. The Kier molecular flexibility index (Phi) is 5.35. The Hall–Kier alpha value is -3.52. The highest BCUT2D eigenvalue weighted by Crippen LogP contribution is 2.31. The maximum absolute atomic E-state index is 13.0. The van der Waals surface area contributed by atoms with E-state index < -0.39 is 0 Å². The molecule has 4 rings (SSSR count). The third kappa shape index (κ3) is 4.17. The van der Waals surface area contributed by atoms with Gasteiger partial charge in [-0.05, 0) is 24.6 Å². The van der Waals surface area contributed by atoms with Gasteiger partial charge in [0.1, 0.15) is 16.5 Å². The number of carbonyl (C=O) groups excluding carboxylic acids is 1. The van der Waals surface area contributed by atoms with E-state index in [4.69, 9.17) is 9.84 Å². The number of ether oxygens (including phenoxy) is 1. The molecule has 29 heavy (non-hydrogen) atoms. The summed E-state index contributed by atoms with van der Waals surface area (Å²) in [4.78, 5) is 13.0. The first-order valence-electron chi connectivity index (χ1n) is 9.00. The summed E-state index contributed by atoms with van der Waals surface area (Å²) in [6, 6.07) is 17.5. The molecule has 4 aromatic rings. The van der Waals surface area contributed by atoms with E-state index in [1.165, 1.54) is 11.3 Å². The van der Waals surface area contributed by atoms with Gasteiger partial charge in [0.25, 0.3) is 5.91 Å². The molecule has 0 saturated heterocycles. The van der Waals surface area contributed by atoms with Crippen LogP contribution in [0.3, 0.4) is 0 Å². The van der Waals surface area contributed by atoms with Crippen LogP contribution < -0.4 is 10.1 Å². The fourth-order valence-electron chi connectivity index (χ4n) is 2.99. The second-order valence-corrected chi connectivity index (χ2v) is 7.54. The molecule has 1 amide bonds. The van der Waals surface area contributed by atoms with E-state index in [1.54, 1.807) is 18.0 Å². The summed E-state index contributed by atoms with van der Waals surface area (Å²) in [6.45, 7) is 2.39. The van der Waals surface area contributed by atoms with Crippen molar-refractivity contribution in [3.8, 4) is 17.0 Å². The number of hydrogen-bond donors (Lipinski definition) is 1. The number of nitrogens with zero attached hydrogens (tertiary/aromatic N) is 4. The molecule has 2 heterocycles. The van der Waals surface area contributed by atoms with Gasteiger partial charge in [0.15, 0.2) is 0 Å². The molecule has 7 nitrogen and oxygen atoms in total. The Morgan fingerprint density at radius 3 is 2.59 bits per heavy atom. The topological polar surface area (TPSA) is 81.9 Å². The molecule has 0 atom stereocenters. The summed E-state index contributed by atoms with van der Waals surface area (Å²) in [5.41, 5.74) is 2.84. The number of methoxy groups -OCH3 is 1. The molecule has 0 radical (unpaired) electrons. The van der Waals surface area contributed by atoms with E-state index in [1.807, 2.05) is 61.5 Å². The van der Waals surface area contributed by atoms with Gasteiger partial charge in [-0.3, -0.25) is 14.8 Å². The number of nitrogens with one attached hydrogen (secondary N) is 1. The van der Waals surface area contributed by atoms with Crippen LogP contribution in [0.15, 0.2) is 60.8 Å². The first-order chi connectivity index (χ1) is 14.1. The lowest BCUT2D eigenvalue weighted by atomic mass is 10.1. The number of aromatic nitrogens is 4. The minimum absolute atomic E-state index is 0.290. The summed E-state index contributed by atoms with van der Waals surface area (Å²) in [7, 11) is 1.60. The number of anilines is 1. The summed E-state index contributed by atoms with van der Waals surface area (Å²) in [5, 5.41) is 16.7. The van der Waals surface area contributed by atoms with Crippen LogP contribution in [0.25, 0.3) is 11.3 Å². The van der Waals surface area contributed by atoms with E-state index in [0.717, 1.165) is 16.1 Å². The predicted octanol–water partition coefficient (Wildman–Crippen LogP) is 4.02. The second-order valence-electron chi connectivity index (χ2n) is 6.36. The standard InChI is InChI=1S/C21H19N5O2S/c1-14-23-24-21(29-14)22-20(27)17-13-26(12-15-8-4-3-5-9-15)25-19(17)16-10-6-7-11-18(16)28-2/h3-11,13H,12H2,1-2H3,(H,22,24,27). The van der Waals surface area contributed by atoms with Gasteiger partial charge >= 0.3 is 0 Å². The zero-order valence-corrected chi connectivity index (χ0v) is 16.8. The number of carbonyl (C=O) groups is 1. The van der Waals surface area contributed by atoms with Gasteiger partial charge in [-0.2, -0.15) is 5.10 Å². The van der Waals surface area contributed by atoms with Crippen LogP contribution in [0.1, 0.15) is 20.9 Å². The van der Waals surface area contributed by atoms with Crippen LogP contribution in [-0.4, -0.2) is 33.0 Å². The summed E-state index contributed by atoms with van der Waals surface area (Å²) in [6.07, 6.45) is 1.75. The van der Waals surface area contributed by atoms with Crippen molar-refractivity contribution in [1.29, 1.82) is 0 Å². The van der Waals surface area contributed by atoms with Gasteiger partial charge in [0.05, 0.1) is 19.2 Å². The molecule has 0 aliphatic carbocycles. The van der Waals surface area contributed by atoms with Gasteiger partial charge < -0.3 is 4.74 Å². The first kappa shape index (κ1) is 18.8. The van der Waals surface area contributed by atoms with E-state index in [2.05, 4.69) is 15.5 Å². The molecule has 2 aromatic carbocycles. The monoisotopic (exact) mass is 405 g/mol. The van der Waals surface area contributed by atoms with E-state index in [-0.39, 0.29) is 5.91 Å². The van der Waals surface area contributed by atoms with Crippen molar-refractivity contribution in [1.82, 2.24) is 20.0 Å². The molecule has 1 N–H and O–H groups in total. The molecule has 8 heteroatoms. The van der Waals surface area contributed by atoms with Gasteiger partial charge in [-0.25, -0.2) is 0 Å². The number of amides is 1. The fourth-order valence-corrected chi connectivity index (χ4v) is 3.58. The highest BCUT2D eigenvalue weighted by atomic mass is 32.1. The first-order valence-corrected chi connectivity index (χ1v) is 9.82. The summed E-state index contributed by atoms with van der Waals surface area (Å²) < 4.78 is 7.24. The molecule has 146 valence electrons. The minimum atomic E-state index is -0.290. The molecule has 0 bridgehead atoms. The smallest absolute Gasteiger partial charge is 0.261 e. The molecule has 0 aliphatic heterocycles. The van der Waals surface area contributed by atoms with Crippen LogP contribution in [0, 0.1) is 6.92 Å². The fraction of sp³-hybridized carbons (Fsp3) is 0.143. The van der Waals surface area contributed by atoms with E-state index >= 15 is 0 Å². The minimum Gasteiger partial charge on any atom is -0.496 e. The molecule has 0 fully saturated rings. The predicted molar refractivity (Wildman–Crippen MR) is 112 cm³/mol. The normalized spacial score (nSPS) is 10.7. The maximum atomic E-state index is 13.0.